The lowest BCUT2D eigenvalue weighted by Crippen LogP contribution is -2.37. The molecule has 0 aliphatic carbocycles. The quantitative estimate of drug-likeness (QED) is 0.334. The Morgan fingerprint density at radius 3 is 2.45 bits per heavy atom. The van der Waals surface area contributed by atoms with Gasteiger partial charge in [0.1, 0.15) is 6.07 Å². The van der Waals surface area contributed by atoms with Crippen molar-refractivity contribution in [2.75, 3.05) is 24.7 Å². The fourth-order valence-electron chi connectivity index (χ4n) is 5.30. The van der Waals surface area contributed by atoms with Crippen molar-refractivity contribution in [3.8, 4) is 6.07 Å². The first-order chi connectivity index (χ1) is 18.3. The maximum Gasteiger partial charge on any atom is 0.211 e. The number of sulfonamides is 1. The summed E-state index contributed by atoms with van der Waals surface area (Å²) in [5, 5.41) is 15.2. The van der Waals surface area contributed by atoms with Crippen molar-refractivity contribution in [3.63, 3.8) is 0 Å². The predicted molar refractivity (Wildman–Crippen MR) is 150 cm³/mol. The van der Waals surface area contributed by atoms with E-state index in [9.17, 15) is 13.7 Å². The molecule has 0 amide bonds. The monoisotopic (exact) mass is 528 g/mol. The van der Waals surface area contributed by atoms with Gasteiger partial charge in [-0.25, -0.2) is 22.7 Å². The fraction of sp³-hybridized carbons (Fsp3) is 0.379. The van der Waals surface area contributed by atoms with Gasteiger partial charge < -0.3 is 5.32 Å². The topological polar surface area (TPSA) is 112 Å². The van der Waals surface area contributed by atoms with E-state index in [1.54, 1.807) is 10.5 Å². The molecule has 1 saturated heterocycles. The molecule has 196 valence electrons. The summed E-state index contributed by atoms with van der Waals surface area (Å²) >= 11 is 0. The van der Waals surface area contributed by atoms with Crippen LogP contribution < -0.4 is 5.32 Å². The summed E-state index contributed by atoms with van der Waals surface area (Å²) in [6.07, 6.45) is 7.57. The average molecular weight is 529 g/mol. The minimum absolute atomic E-state index is 0.225. The van der Waals surface area contributed by atoms with Crippen molar-refractivity contribution in [1.29, 1.82) is 5.26 Å². The molecule has 9 heteroatoms. The second-order valence-electron chi connectivity index (χ2n) is 10.1. The third-order valence-corrected chi connectivity index (χ3v) is 8.72. The molecule has 2 aromatic carbocycles. The van der Waals surface area contributed by atoms with Crippen LogP contribution in [0.1, 0.15) is 55.7 Å². The first-order valence-electron chi connectivity index (χ1n) is 13.1. The summed E-state index contributed by atoms with van der Waals surface area (Å²) in [5.41, 5.74) is 3.97. The van der Waals surface area contributed by atoms with Crippen LogP contribution in [-0.4, -0.2) is 47.0 Å². The lowest BCUT2D eigenvalue weighted by atomic mass is 9.92. The molecule has 1 aliphatic rings. The number of nitriles is 1. The molecule has 1 aliphatic heterocycles. The number of hydrogen-bond donors (Lipinski definition) is 1. The highest BCUT2D eigenvalue weighted by Gasteiger charge is 2.25. The number of fused-ring (bicyclic) bond motifs is 2. The van der Waals surface area contributed by atoms with E-state index in [4.69, 9.17) is 9.97 Å². The van der Waals surface area contributed by atoms with E-state index in [1.807, 2.05) is 49.4 Å². The average Bonchev–Trinajstić information content (AvgIpc) is 2.93. The first kappa shape index (κ1) is 26.0. The highest BCUT2D eigenvalue weighted by molar-refractivity contribution is 7.88. The van der Waals surface area contributed by atoms with Gasteiger partial charge in [-0.2, -0.15) is 5.26 Å². The van der Waals surface area contributed by atoms with Crippen LogP contribution in [0.3, 0.4) is 0 Å². The number of anilines is 1. The number of nitrogens with zero attached hydrogens (tertiary/aromatic N) is 5. The van der Waals surface area contributed by atoms with Crippen molar-refractivity contribution < 1.29 is 8.42 Å². The minimum atomic E-state index is -3.10. The number of hydrogen-bond acceptors (Lipinski definition) is 7. The number of nitrogens with one attached hydrogen (secondary N) is 1. The van der Waals surface area contributed by atoms with E-state index < -0.39 is 10.0 Å². The second-order valence-corrected chi connectivity index (χ2v) is 12.1. The van der Waals surface area contributed by atoms with E-state index in [0.29, 0.717) is 30.4 Å². The Kier molecular flexibility index (Phi) is 7.54. The lowest BCUT2D eigenvalue weighted by Gasteiger charge is -2.30. The molecule has 8 nitrogen and oxygen atoms in total. The molecular weight excluding hydrogens is 496 g/mol. The van der Waals surface area contributed by atoms with Gasteiger partial charge >= 0.3 is 0 Å². The second kappa shape index (κ2) is 11.0. The van der Waals surface area contributed by atoms with Crippen LogP contribution in [0.4, 0.5) is 5.69 Å². The number of para-hydroxylation sites is 2. The summed E-state index contributed by atoms with van der Waals surface area (Å²) < 4.78 is 25.2. The Balaban J connectivity index is 1.34. The molecule has 0 bridgehead atoms. The van der Waals surface area contributed by atoms with Gasteiger partial charge in [0.15, 0.2) is 5.82 Å². The van der Waals surface area contributed by atoms with Crippen molar-refractivity contribution in [2.24, 2.45) is 5.92 Å². The zero-order valence-corrected chi connectivity index (χ0v) is 22.6. The summed E-state index contributed by atoms with van der Waals surface area (Å²) in [6.45, 7) is 3.24. The normalized spacial score (nSPS) is 15.9. The zero-order chi connectivity index (χ0) is 26.7. The van der Waals surface area contributed by atoms with E-state index in [2.05, 4.69) is 22.4 Å². The number of aryl methyl sites for hydroxylation is 1. The minimum Gasteiger partial charge on any atom is -0.374 e. The summed E-state index contributed by atoms with van der Waals surface area (Å²) in [6, 6.07) is 17.9. The van der Waals surface area contributed by atoms with Crippen LogP contribution >= 0.6 is 0 Å². The van der Waals surface area contributed by atoms with Crippen molar-refractivity contribution >= 4 is 37.5 Å². The van der Waals surface area contributed by atoms with Gasteiger partial charge in [0.2, 0.25) is 10.0 Å². The Labute approximate surface area is 223 Å². The highest BCUT2D eigenvalue weighted by atomic mass is 32.2. The van der Waals surface area contributed by atoms with E-state index in [0.717, 1.165) is 65.3 Å². The molecular formula is C29H32N6O2S. The number of aromatic nitrogens is 3. The summed E-state index contributed by atoms with van der Waals surface area (Å²) in [4.78, 5) is 14.3. The van der Waals surface area contributed by atoms with Crippen LogP contribution in [-0.2, 0) is 16.4 Å². The van der Waals surface area contributed by atoms with Gasteiger partial charge in [-0.3, -0.25) is 4.98 Å². The summed E-state index contributed by atoms with van der Waals surface area (Å²) in [5.74, 6) is 1.22. The van der Waals surface area contributed by atoms with Crippen LogP contribution in [0.25, 0.3) is 21.8 Å². The zero-order valence-electron chi connectivity index (χ0n) is 21.8. The molecule has 2 aromatic heterocycles. The van der Waals surface area contributed by atoms with Gasteiger partial charge in [-0.1, -0.05) is 36.4 Å². The molecule has 0 radical (unpaired) electrons. The smallest absolute Gasteiger partial charge is 0.211 e. The van der Waals surface area contributed by atoms with Gasteiger partial charge in [0.05, 0.1) is 40.3 Å². The van der Waals surface area contributed by atoms with Crippen molar-refractivity contribution in [1.82, 2.24) is 19.3 Å². The molecule has 5 rings (SSSR count). The molecule has 4 aromatic rings. The Morgan fingerprint density at radius 1 is 1.05 bits per heavy atom. The van der Waals surface area contributed by atoms with Crippen LogP contribution in [0, 0.1) is 17.2 Å². The maximum absolute atomic E-state index is 11.8. The summed E-state index contributed by atoms with van der Waals surface area (Å²) in [7, 11) is -3.10. The molecule has 1 fully saturated rings. The van der Waals surface area contributed by atoms with Crippen molar-refractivity contribution in [2.45, 2.75) is 45.1 Å². The molecule has 0 spiro atoms. The van der Waals surface area contributed by atoms with E-state index in [-0.39, 0.29) is 6.04 Å². The van der Waals surface area contributed by atoms with E-state index in [1.165, 1.54) is 6.26 Å². The Hall–Kier alpha value is -3.61. The van der Waals surface area contributed by atoms with E-state index >= 15 is 0 Å². The van der Waals surface area contributed by atoms with Gasteiger partial charge in [-0.05, 0) is 57.1 Å². The SMILES string of the molecule is C[C@H](Nc1c(C#N)cnc2ccccc12)c1nc(CCCC2CCN(S(C)(=O)=O)CC2)c2ccccc2n1. The molecule has 1 atom stereocenters. The number of rotatable bonds is 8. The predicted octanol–water partition coefficient (Wildman–Crippen LogP) is 5.22. The maximum atomic E-state index is 11.8. The molecule has 0 saturated carbocycles. The molecule has 0 unspecified atom stereocenters. The van der Waals surface area contributed by atoms with Crippen LogP contribution in [0.2, 0.25) is 0 Å². The highest BCUT2D eigenvalue weighted by Crippen LogP contribution is 2.30. The number of piperidine rings is 1. The Bertz CT molecular complexity index is 1610. The number of pyridine rings is 1. The Morgan fingerprint density at radius 2 is 1.74 bits per heavy atom. The van der Waals surface area contributed by atoms with Gasteiger partial charge in [0.25, 0.3) is 0 Å². The standard InChI is InChI=1S/C29H32N6O2S/c1-20(32-28-22(18-30)19-31-25-11-5-4-10-24(25)28)29-33-26-12-6-3-9-23(26)27(34-29)13-7-8-21-14-16-35(17-15-21)38(2,36)37/h3-6,9-12,19-21H,7-8,13-17H2,1-2H3,(H,31,32)/t20-/m0/s1. The largest absolute Gasteiger partial charge is 0.374 e. The van der Waals surface area contributed by atoms with Crippen LogP contribution in [0.5, 0.6) is 0 Å². The fourth-order valence-corrected chi connectivity index (χ4v) is 6.17. The lowest BCUT2D eigenvalue weighted by molar-refractivity contribution is 0.261. The number of benzene rings is 2. The first-order valence-corrected chi connectivity index (χ1v) is 14.9. The molecule has 38 heavy (non-hydrogen) atoms. The third-order valence-electron chi connectivity index (χ3n) is 7.41. The van der Waals surface area contributed by atoms with Gasteiger partial charge in [-0.15, -0.1) is 0 Å². The third kappa shape index (κ3) is 5.62. The molecule has 1 N–H and O–H groups in total. The van der Waals surface area contributed by atoms with Crippen LogP contribution in [0.15, 0.2) is 54.7 Å². The van der Waals surface area contributed by atoms with Gasteiger partial charge in [0, 0.05) is 30.1 Å². The molecule has 3 heterocycles. The van der Waals surface area contributed by atoms with Crippen molar-refractivity contribution in [3.05, 3.63) is 71.8 Å².